The zero-order valence-electron chi connectivity index (χ0n) is 14.0. The minimum Gasteiger partial charge on any atom is -0.405 e. The molecule has 7 heteroatoms. The van der Waals surface area contributed by atoms with E-state index in [1.807, 2.05) is 18.2 Å². The topological polar surface area (TPSA) is 33.3 Å². The van der Waals surface area contributed by atoms with Gasteiger partial charge in [-0.3, -0.25) is 0 Å². The van der Waals surface area contributed by atoms with Crippen LogP contribution in [0.2, 0.25) is 0 Å². The molecule has 0 unspecified atom stereocenters. The van der Waals surface area contributed by atoms with Crippen LogP contribution in [0.1, 0.15) is 30.0 Å². The zero-order chi connectivity index (χ0) is 18.6. The van der Waals surface area contributed by atoms with Crippen LogP contribution in [0.25, 0.3) is 0 Å². The maximum absolute atomic E-state index is 12.6. The molecule has 0 saturated carbocycles. The maximum atomic E-state index is 12.6. The van der Waals surface area contributed by atoms with Crippen LogP contribution in [0.3, 0.4) is 0 Å². The Morgan fingerprint density at radius 3 is 2.65 bits per heavy atom. The van der Waals surface area contributed by atoms with Crippen molar-refractivity contribution in [2.45, 2.75) is 37.8 Å². The summed E-state index contributed by atoms with van der Waals surface area (Å²) in [7, 11) is 0. The van der Waals surface area contributed by atoms with E-state index in [0.29, 0.717) is 12.1 Å². The number of rotatable bonds is 5. The summed E-state index contributed by atoms with van der Waals surface area (Å²) in [4.78, 5) is 0. The van der Waals surface area contributed by atoms with Crippen molar-refractivity contribution in [3.05, 3.63) is 63.2 Å². The molecule has 1 heterocycles. The number of alkyl halides is 3. The summed E-state index contributed by atoms with van der Waals surface area (Å²) in [6.07, 6.45) is -2.70. The van der Waals surface area contributed by atoms with Crippen LogP contribution in [0.5, 0.6) is 5.75 Å². The van der Waals surface area contributed by atoms with E-state index in [-0.39, 0.29) is 17.8 Å². The van der Waals surface area contributed by atoms with Gasteiger partial charge in [-0.1, -0.05) is 30.3 Å². The molecule has 2 aromatic rings. The molecule has 1 aliphatic heterocycles. The van der Waals surface area contributed by atoms with Crippen molar-refractivity contribution in [3.63, 3.8) is 0 Å². The molecule has 2 aromatic carbocycles. The number of ether oxygens (including phenoxy) is 1. The standard InChI is InChI=1S/C19H20F3IN2O/c20-19(21,22)26-17-9-8-15(23)11-14(17)12-25-16-7-4-10-24-18(16)13-5-2-1-3-6-13/h1-3,5-6,8-9,11,16,18,24-25H,4,7,10,12H2/t16-,18-/m0/s1. The van der Waals surface area contributed by atoms with Gasteiger partial charge in [-0.2, -0.15) is 0 Å². The highest BCUT2D eigenvalue weighted by Gasteiger charge is 2.32. The lowest BCUT2D eigenvalue weighted by atomic mass is 9.92. The van der Waals surface area contributed by atoms with Crippen molar-refractivity contribution >= 4 is 22.6 Å². The molecule has 1 saturated heterocycles. The predicted molar refractivity (Wildman–Crippen MR) is 103 cm³/mol. The van der Waals surface area contributed by atoms with Crippen LogP contribution in [-0.4, -0.2) is 18.9 Å². The van der Waals surface area contributed by atoms with Gasteiger partial charge in [0.25, 0.3) is 0 Å². The molecule has 1 aliphatic rings. The van der Waals surface area contributed by atoms with Crippen LogP contribution < -0.4 is 15.4 Å². The SMILES string of the molecule is FC(F)(F)Oc1ccc(I)cc1CN[C@H]1CCCN[C@H]1c1ccccc1. The number of piperidine rings is 1. The quantitative estimate of drug-likeness (QED) is 0.611. The van der Waals surface area contributed by atoms with Gasteiger partial charge in [-0.25, -0.2) is 0 Å². The Bertz CT molecular complexity index is 724. The number of hydrogen-bond donors (Lipinski definition) is 2. The first-order valence-electron chi connectivity index (χ1n) is 8.48. The second-order valence-corrected chi connectivity index (χ2v) is 7.52. The van der Waals surface area contributed by atoms with E-state index in [1.54, 1.807) is 12.1 Å². The lowest BCUT2D eigenvalue weighted by molar-refractivity contribution is -0.274. The smallest absolute Gasteiger partial charge is 0.405 e. The van der Waals surface area contributed by atoms with E-state index in [0.717, 1.165) is 23.0 Å². The van der Waals surface area contributed by atoms with Gasteiger partial charge in [-0.05, 0) is 65.7 Å². The van der Waals surface area contributed by atoms with Gasteiger partial charge in [0.2, 0.25) is 0 Å². The van der Waals surface area contributed by atoms with Gasteiger partial charge in [0.1, 0.15) is 5.75 Å². The molecule has 0 radical (unpaired) electrons. The molecule has 0 aromatic heterocycles. The fraction of sp³-hybridized carbons (Fsp3) is 0.368. The molecule has 3 rings (SSSR count). The lowest BCUT2D eigenvalue weighted by Gasteiger charge is -2.34. The molecule has 0 spiro atoms. The largest absolute Gasteiger partial charge is 0.573 e. The summed E-state index contributed by atoms with van der Waals surface area (Å²) in [5, 5.41) is 6.94. The highest BCUT2D eigenvalue weighted by Crippen LogP contribution is 2.29. The van der Waals surface area contributed by atoms with E-state index in [2.05, 4.69) is 50.1 Å². The first-order chi connectivity index (χ1) is 12.4. The summed E-state index contributed by atoms with van der Waals surface area (Å²) < 4.78 is 43.0. The van der Waals surface area contributed by atoms with Crippen molar-refractivity contribution in [2.24, 2.45) is 0 Å². The number of benzene rings is 2. The highest BCUT2D eigenvalue weighted by molar-refractivity contribution is 14.1. The fourth-order valence-corrected chi connectivity index (χ4v) is 3.83. The number of hydrogen-bond acceptors (Lipinski definition) is 3. The minimum absolute atomic E-state index is 0.139. The molecule has 1 fully saturated rings. The normalized spacial score (nSPS) is 20.8. The summed E-state index contributed by atoms with van der Waals surface area (Å²) in [5.74, 6) is -0.148. The van der Waals surface area contributed by atoms with Crippen molar-refractivity contribution in [3.8, 4) is 5.75 Å². The molecular weight excluding hydrogens is 456 g/mol. The monoisotopic (exact) mass is 476 g/mol. The molecule has 26 heavy (non-hydrogen) atoms. The van der Waals surface area contributed by atoms with Gasteiger partial charge in [0.15, 0.2) is 0 Å². The van der Waals surface area contributed by atoms with Gasteiger partial charge in [-0.15, -0.1) is 13.2 Å². The minimum atomic E-state index is -4.69. The first-order valence-corrected chi connectivity index (χ1v) is 9.56. The zero-order valence-corrected chi connectivity index (χ0v) is 16.2. The lowest BCUT2D eigenvalue weighted by Crippen LogP contribution is -2.45. The van der Waals surface area contributed by atoms with E-state index in [9.17, 15) is 13.2 Å². The van der Waals surface area contributed by atoms with E-state index in [1.165, 1.54) is 11.6 Å². The third-order valence-electron chi connectivity index (χ3n) is 4.42. The van der Waals surface area contributed by atoms with Gasteiger partial charge in [0.05, 0.1) is 0 Å². The number of nitrogens with one attached hydrogen (secondary N) is 2. The Hall–Kier alpha value is -1.32. The molecule has 2 atom stereocenters. The summed E-state index contributed by atoms with van der Waals surface area (Å²) >= 11 is 2.09. The molecule has 0 amide bonds. The Morgan fingerprint density at radius 1 is 1.15 bits per heavy atom. The van der Waals surface area contributed by atoms with Crippen LogP contribution in [0.4, 0.5) is 13.2 Å². The van der Waals surface area contributed by atoms with Crippen LogP contribution in [-0.2, 0) is 6.54 Å². The second kappa shape index (κ2) is 8.58. The molecule has 0 aliphatic carbocycles. The third kappa shape index (κ3) is 5.34. The Morgan fingerprint density at radius 2 is 1.92 bits per heavy atom. The maximum Gasteiger partial charge on any atom is 0.573 e. The van der Waals surface area contributed by atoms with Crippen molar-refractivity contribution < 1.29 is 17.9 Å². The first kappa shape index (κ1) is 19.4. The van der Waals surface area contributed by atoms with Crippen molar-refractivity contribution in [1.82, 2.24) is 10.6 Å². The Balaban J connectivity index is 1.74. The molecule has 3 nitrogen and oxygen atoms in total. The summed E-state index contributed by atoms with van der Waals surface area (Å²) in [6, 6.07) is 15.1. The van der Waals surface area contributed by atoms with E-state index < -0.39 is 6.36 Å². The molecule has 140 valence electrons. The number of halogens is 4. The van der Waals surface area contributed by atoms with Crippen LogP contribution >= 0.6 is 22.6 Å². The van der Waals surface area contributed by atoms with Crippen LogP contribution in [0.15, 0.2) is 48.5 Å². The van der Waals surface area contributed by atoms with E-state index >= 15 is 0 Å². The van der Waals surface area contributed by atoms with Gasteiger partial charge >= 0.3 is 6.36 Å². The Labute approximate surface area is 164 Å². The second-order valence-electron chi connectivity index (χ2n) is 6.27. The molecular formula is C19H20F3IN2O. The molecule has 0 bridgehead atoms. The molecule has 2 N–H and O–H groups in total. The van der Waals surface area contributed by atoms with Crippen LogP contribution in [0, 0.1) is 3.57 Å². The van der Waals surface area contributed by atoms with Crippen molar-refractivity contribution in [2.75, 3.05) is 6.54 Å². The third-order valence-corrected chi connectivity index (χ3v) is 5.09. The summed E-state index contributed by atoms with van der Waals surface area (Å²) in [6.45, 7) is 1.25. The van der Waals surface area contributed by atoms with Crippen molar-refractivity contribution in [1.29, 1.82) is 0 Å². The fourth-order valence-electron chi connectivity index (χ4n) is 3.27. The average molecular weight is 476 g/mol. The van der Waals surface area contributed by atoms with Gasteiger partial charge in [0, 0.05) is 27.8 Å². The van der Waals surface area contributed by atoms with E-state index in [4.69, 9.17) is 0 Å². The predicted octanol–water partition coefficient (Wildman–Crippen LogP) is 4.77. The van der Waals surface area contributed by atoms with Gasteiger partial charge < -0.3 is 15.4 Å². The Kier molecular flexibility index (Phi) is 6.42. The highest BCUT2D eigenvalue weighted by atomic mass is 127. The summed E-state index contributed by atoms with van der Waals surface area (Å²) in [5.41, 5.74) is 1.69. The average Bonchev–Trinajstić information content (AvgIpc) is 2.62.